The highest BCUT2D eigenvalue weighted by molar-refractivity contribution is 6.25. The van der Waals surface area contributed by atoms with Crippen LogP contribution in [0.3, 0.4) is 0 Å². The Morgan fingerprint density at radius 1 is 1.14 bits per heavy atom. The minimum absolute atomic E-state index is 0.143. The van der Waals surface area contributed by atoms with E-state index in [0.29, 0.717) is 11.1 Å². The molecule has 0 N–H and O–H groups in total. The Hall–Kier alpha value is -2.54. The molecule has 0 saturated carbocycles. The first-order chi connectivity index (χ1) is 10.6. The van der Waals surface area contributed by atoms with Crippen molar-refractivity contribution in [2.45, 2.75) is 5.25 Å². The Morgan fingerprint density at radius 2 is 1.77 bits per heavy atom. The molecule has 2 aromatic rings. The predicted octanol–water partition coefficient (Wildman–Crippen LogP) is 2.09. The molecule has 8 heteroatoms. The summed E-state index contributed by atoms with van der Waals surface area (Å²) in [6.07, 6.45) is 0. The number of nitrogens with zero attached hydrogens (tertiary/aromatic N) is 2. The molecule has 114 valence electrons. The average Bonchev–Trinajstić information content (AvgIpc) is 2.78. The second-order valence-corrected chi connectivity index (χ2v) is 4.81. The average molecular weight is 323 g/mol. The molecule has 1 aromatic carbocycles. The highest BCUT2D eigenvalue weighted by Gasteiger charge is 2.47. The fourth-order valence-electron chi connectivity index (χ4n) is 1.98. The van der Waals surface area contributed by atoms with Crippen LogP contribution in [0.1, 0.15) is 15.9 Å². The van der Waals surface area contributed by atoms with Crippen LogP contribution < -0.4 is 14.2 Å². The molecule has 0 bridgehead atoms. The van der Waals surface area contributed by atoms with Gasteiger partial charge in [0.1, 0.15) is 0 Å². The Labute approximate surface area is 130 Å². The number of halogens is 1. The van der Waals surface area contributed by atoms with Gasteiger partial charge in [0.25, 0.3) is 0 Å². The highest BCUT2D eigenvalue weighted by atomic mass is 35.5. The number of fused-ring (bicyclic) bond motifs is 1. The molecule has 2 heterocycles. The van der Waals surface area contributed by atoms with E-state index in [4.69, 9.17) is 30.5 Å². The van der Waals surface area contributed by atoms with E-state index in [1.165, 1.54) is 20.3 Å². The number of carbonyl (C=O) groups is 1. The van der Waals surface area contributed by atoms with Crippen molar-refractivity contribution in [2.75, 3.05) is 14.2 Å². The minimum Gasteiger partial charge on any atom is -0.481 e. The van der Waals surface area contributed by atoms with Gasteiger partial charge >= 0.3 is 17.2 Å². The number of hydrogen-bond acceptors (Lipinski definition) is 7. The highest BCUT2D eigenvalue weighted by Crippen LogP contribution is 2.41. The molecule has 0 radical (unpaired) electrons. The second-order valence-electron chi connectivity index (χ2n) is 4.31. The van der Waals surface area contributed by atoms with Crippen LogP contribution in [0.4, 0.5) is 0 Å². The zero-order chi connectivity index (χ0) is 15.7. The van der Waals surface area contributed by atoms with Crippen LogP contribution in [-0.2, 0) is 9.98 Å². The lowest BCUT2D eigenvalue weighted by molar-refractivity contribution is -0.0789. The van der Waals surface area contributed by atoms with E-state index in [9.17, 15) is 4.79 Å². The van der Waals surface area contributed by atoms with Crippen LogP contribution in [0.2, 0.25) is 0 Å². The Balaban J connectivity index is 1.98. The van der Waals surface area contributed by atoms with Crippen LogP contribution in [0.15, 0.2) is 30.3 Å². The fraction of sp³-hybridized carbons (Fsp3) is 0.214. The molecule has 3 rings (SSSR count). The van der Waals surface area contributed by atoms with Gasteiger partial charge in [0.15, 0.2) is 0 Å². The number of esters is 1. The summed E-state index contributed by atoms with van der Waals surface area (Å²) >= 11 is 6.29. The Bertz CT molecular complexity index is 717. The van der Waals surface area contributed by atoms with Gasteiger partial charge in [-0.15, -0.1) is 0 Å². The molecule has 0 aliphatic carbocycles. The van der Waals surface area contributed by atoms with Gasteiger partial charge in [-0.2, -0.15) is 9.97 Å². The SMILES string of the molecule is COc1cc(OC)nc(OC2(Cl)OC(=O)c3ccccc32)n1. The van der Waals surface area contributed by atoms with Crippen molar-refractivity contribution in [3.8, 4) is 17.8 Å². The van der Waals surface area contributed by atoms with E-state index in [2.05, 4.69) is 9.97 Å². The monoisotopic (exact) mass is 322 g/mol. The number of carbonyl (C=O) groups excluding carboxylic acids is 1. The zero-order valence-electron chi connectivity index (χ0n) is 11.7. The third kappa shape index (κ3) is 2.39. The van der Waals surface area contributed by atoms with Gasteiger partial charge in [0.2, 0.25) is 11.8 Å². The normalized spacial score (nSPS) is 19.3. The number of methoxy groups -OCH3 is 2. The maximum absolute atomic E-state index is 11.8. The molecule has 1 unspecified atom stereocenters. The van der Waals surface area contributed by atoms with Crippen molar-refractivity contribution >= 4 is 17.6 Å². The largest absolute Gasteiger partial charge is 0.481 e. The van der Waals surface area contributed by atoms with Crippen LogP contribution in [0.5, 0.6) is 17.8 Å². The van der Waals surface area contributed by atoms with Crippen LogP contribution >= 0.6 is 11.6 Å². The first-order valence-electron chi connectivity index (χ1n) is 6.23. The van der Waals surface area contributed by atoms with Crippen LogP contribution in [0.25, 0.3) is 0 Å². The van der Waals surface area contributed by atoms with E-state index in [0.717, 1.165) is 0 Å². The van der Waals surface area contributed by atoms with Crippen molar-refractivity contribution in [3.63, 3.8) is 0 Å². The van der Waals surface area contributed by atoms with Crippen molar-refractivity contribution in [1.29, 1.82) is 0 Å². The predicted molar refractivity (Wildman–Crippen MR) is 75.2 cm³/mol. The van der Waals surface area contributed by atoms with Gasteiger partial charge in [-0.05, 0) is 23.7 Å². The third-order valence-corrected chi connectivity index (χ3v) is 3.35. The third-order valence-electron chi connectivity index (χ3n) is 2.99. The molecule has 0 fully saturated rings. The van der Waals surface area contributed by atoms with Gasteiger partial charge in [0, 0.05) is 0 Å². The molecular weight excluding hydrogens is 312 g/mol. The topological polar surface area (TPSA) is 79.8 Å². The molecule has 1 aromatic heterocycles. The summed E-state index contributed by atoms with van der Waals surface area (Å²) < 4.78 is 20.6. The maximum atomic E-state index is 11.8. The van der Waals surface area contributed by atoms with Crippen molar-refractivity contribution in [2.24, 2.45) is 0 Å². The number of cyclic esters (lactones) is 1. The zero-order valence-corrected chi connectivity index (χ0v) is 12.5. The van der Waals surface area contributed by atoms with Crippen molar-refractivity contribution in [3.05, 3.63) is 41.5 Å². The molecule has 1 aliphatic heterocycles. The number of aromatic nitrogens is 2. The molecule has 0 saturated heterocycles. The summed E-state index contributed by atoms with van der Waals surface area (Å²) in [5.41, 5.74) is 0.708. The molecule has 22 heavy (non-hydrogen) atoms. The summed E-state index contributed by atoms with van der Waals surface area (Å²) in [6.45, 7) is 0. The van der Waals surface area contributed by atoms with E-state index in [1.807, 2.05) is 0 Å². The summed E-state index contributed by atoms with van der Waals surface area (Å²) in [4.78, 5) is 19.8. The summed E-state index contributed by atoms with van der Waals surface area (Å²) in [5.74, 6) is -0.139. The van der Waals surface area contributed by atoms with E-state index in [-0.39, 0.29) is 17.8 Å². The lowest BCUT2D eigenvalue weighted by Gasteiger charge is -2.21. The Kier molecular flexibility index (Phi) is 3.50. The maximum Gasteiger partial charge on any atom is 0.366 e. The standard InChI is InChI=1S/C14H11ClN2O5/c1-19-10-7-11(20-2)17-13(16-10)22-14(15)9-6-4-3-5-8(9)12(18)21-14/h3-7H,1-2H3. The van der Waals surface area contributed by atoms with Crippen molar-refractivity contribution < 1.29 is 23.7 Å². The first-order valence-corrected chi connectivity index (χ1v) is 6.61. The number of alkyl halides is 1. The number of benzene rings is 1. The van der Waals surface area contributed by atoms with E-state index in [1.54, 1.807) is 24.3 Å². The first kappa shape index (κ1) is 14.4. The summed E-state index contributed by atoms with van der Waals surface area (Å²) in [7, 11) is 2.87. The van der Waals surface area contributed by atoms with Gasteiger partial charge < -0.3 is 18.9 Å². The van der Waals surface area contributed by atoms with Gasteiger partial charge in [-0.1, -0.05) is 12.1 Å². The van der Waals surface area contributed by atoms with Gasteiger partial charge in [-0.25, -0.2) is 4.79 Å². The van der Waals surface area contributed by atoms with Crippen LogP contribution in [0, 0.1) is 0 Å². The van der Waals surface area contributed by atoms with Crippen molar-refractivity contribution in [1.82, 2.24) is 9.97 Å². The minimum atomic E-state index is -1.83. The quantitative estimate of drug-likeness (QED) is 0.630. The number of hydrogen-bond donors (Lipinski definition) is 0. The summed E-state index contributed by atoms with van der Waals surface area (Å²) in [5, 5.41) is -1.83. The lowest BCUT2D eigenvalue weighted by Crippen LogP contribution is -2.27. The lowest BCUT2D eigenvalue weighted by atomic mass is 10.1. The molecular formula is C14H11ClN2O5. The number of ether oxygens (including phenoxy) is 4. The molecule has 1 aliphatic rings. The van der Waals surface area contributed by atoms with Gasteiger partial charge in [-0.3, -0.25) is 0 Å². The molecule has 1 atom stereocenters. The Morgan fingerprint density at radius 3 is 2.41 bits per heavy atom. The molecule has 0 spiro atoms. The molecule has 0 amide bonds. The molecule has 7 nitrogen and oxygen atoms in total. The smallest absolute Gasteiger partial charge is 0.366 e. The van der Waals surface area contributed by atoms with Gasteiger partial charge in [0.05, 0.1) is 31.4 Å². The second kappa shape index (κ2) is 5.34. The fourth-order valence-corrected chi connectivity index (χ4v) is 2.29. The van der Waals surface area contributed by atoms with E-state index >= 15 is 0 Å². The van der Waals surface area contributed by atoms with E-state index < -0.39 is 11.2 Å². The summed E-state index contributed by atoms with van der Waals surface area (Å²) in [6, 6.07) is 7.98. The number of rotatable bonds is 4. The van der Waals surface area contributed by atoms with Crippen LogP contribution in [-0.4, -0.2) is 30.2 Å².